The van der Waals surface area contributed by atoms with Gasteiger partial charge in [0.15, 0.2) is 0 Å². The monoisotopic (exact) mass is 252 g/mol. The molecule has 1 aliphatic carbocycles. The minimum absolute atomic E-state index is 0.360. The smallest absolute Gasteiger partial charge is 0.140 e. The highest BCUT2D eigenvalue weighted by atomic mass is 79.9. The molecule has 2 heteroatoms. The third kappa shape index (κ3) is 2.24. The van der Waals surface area contributed by atoms with E-state index in [-0.39, 0.29) is 0 Å². The number of ketones is 1. The summed E-state index contributed by atoms with van der Waals surface area (Å²) in [5.74, 6) is 0.775. The molecule has 1 saturated carbocycles. The Morgan fingerprint density at radius 3 is 2.43 bits per heavy atom. The first-order valence-electron chi connectivity index (χ1n) is 5.03. The first-order valence-corrected chi connectivity index (χ1v) is 5.82. The summed E-state index contributed by atoms with van der Waals surface area (Å²) in [6.45, 7) is 0. The fourth-order valence-corrected chi connectivity index (χ4v) is 1.94. The Labute approximate surface area is 92.6 Å². The predicted octanol–water partition coefficient (Wildman–Crippen LogP) is 3.36. The Balaban J connectivity index is 1.96. The number of Topliss-reactive ketones (excluding diaryl/α,β-unsaturated/α-hetero) is 1. The van der Waals surface area contributed by atoms with Gasteiger partial charge in [0, 0.05) is 16.8 Å². The van der Waals surface area contributed by atoms with Crippen molar-refractivity contribution in [1.82, 2.24) is 0 Å². The topological polar surface area (TPSA) is 17.1 Å². The molecule has 1 nitrogen and oxygen atoms in total. The first kappa shape index (κ1) is 9.91. The largest absolute Gasteiger partial charge is 0.299 e. The number of rotatable bonds is 3. The Morgan fingerprint density at radius 1 is 1.29 bits per heavy atom. The molecule has 0 unspecified atom stereocenters. The van der Waals surface area contributed by atoms with E-state index in [1.54, 1.807) is 0 Å². The van der Waals surface area contributed by atoms with Gasteiger partial charge in [0.2, 0.25) is 0 Å². The van der Waals surface area contributed by atoms with Gasteiger partial charge in [-0.1, -0.05) is 34.5 Å². The highest BCUT2D eigenvalue weighted by Gasteiger charge is 2.24. The van der Waals surface area contributed by atoms with Crippen molar-refractivity contribution >= 4 is 21.7 Å². The quantitative estimate of drug-likeness (QED) is 0.807. The van der Waals surface area contributed by atoms with Crippen LogP contribution in [0.4, 0.5) is 0 Å². The fraction of sp³-hybridized carbons (Fsp3) is 0.417. The van der Waals surface area contributed by atoms with Crippen LogP contribution >= 0.6 is 15.9 Å². The average Bonchev–Trinajstić information content (AvgIpc) is 2.06. The van der Waals surface area contributed by atoms with E-state index < -0.39 is 0 Å². The molecule has 1 aromatic carbocycles. The van der Waals surface area contributed by atoms with E-state index in [9.17, 15) is 4.79 Å². The van der Waals surface area contributed by atoms with Gasteiger partial charge in [0.25, 0.3) is 0 Å². The molecule has 2 rings (SSSR count). The van der Waals surface area contributed by atoms with E-state index in [0.717, 1.165) is 22.9 Å². The molecule has 0 atom stereocenters. The van der Waals surface area contributed by atoms with Crippen LogP contribution in [0.3, 0.4) is 0 Å². The number of carbonyl (C=O) groups is 1. The van der Waals surface area contributed by atoms with Gasteiger partial charge in [-0.15, -0.1) is 0 Å². The second-order valence-electron chi connectivity index (χ2n) is 3.90. The minimum Gasteiger partial charge on any atom is -0.299 e. The van der Waals surface area contributed by atoms with Crippen molar-refractivity contribution in [2.24, 2.45) is 5.92 Å². The van der Waals surface area contributed by atoms with Crippen molar-refractivity contribution in [1.29, 1.82) is 0 Å². The molecule has 0 amide bonds. The second kappa shape index (κ2) is 4.26. The summed E-state index contributed by atoms with van der Waals surface area (Å²) in [6, 6.07) is 8.01. The van der Waals surface area contributed by atoms with Gasteiger partial charge in [0.1, 0.15) is 5.78 Å². The van der Waals surface area contributed by atoms with Crippen LogP contribution in [0.2, 0.25) is 0 Å². The number of benzene rings is 1. The summed E-state index contributed by atoms with van der Waals surface area (Å²) in [5, 5.41) is 0. The maximum atomic E-state index is 11.7. The van der Waals surface area contributed by atoms with E-state index in [2.05, 4.69) is 15.9 Å². The summed E-state index contributed by atoms with van der Waals surface area (Å²) in [5.41, 5.74) is 1.13. The molecule has 1 aliphatic rings. The van der Waals surface area contributed by atoms with Gasteiger partial charge in [-0.2, -0.15) is 0 Å². The van der Waals surface area contributed by atoms with Crippen LogP contribution in [-0.4, -0.2) is 5.78 Å². The maximum absolute atomic E-state index is 11.7. The molecule has 0 aliphatic heterocycles. The average molecular weight is 253 g/mol. The molecule has 0 spiro atoms. The van der Waals surface area contributed by atoms with Gasteiger partial charge in [-0.25, -0.2) is 0 Å². The fourth-order valence-electron chi connectivity index (χ4n) is 1.68. The van der Waals surface area contributed by atoms with Crippen molar-refractivity contribution in [2.75, 3.05) is 0 Å². The molecule has 0 aromatic heterocycles. The normalized spacial score (nSPS) is 16.4. The van der Waals surface area contributed by atoms with Gasteiger partial charge in [-0.05, 0) is 30.5 Å². The standard InChI is InChI=1S/C12H13BrO/c13-11-6-4-9(5-7-11)8-12(14)10-2-1-3-10/h4-7,10H,1-3,8H2. The Kier molecular flexibility index (Phi) is 3.02. The summed E-state index contributed by atoms with van der Waals surface area (Å²) in [4.78, 5) is 11.7. The van der Waals surface area contributed by atoms with Crippen LogP contribution in [0.1, 0.15) is 24.8 Å². The summed E-state index contributed by atoms with van der Waals surface area (Å²) < 4.78 is 1.07. The number of halogens is 1. The summed E-state index contributed by atoms with van der Waals surface area (Å²) in [6.07, 6.45) is 4.05. The zero-order chi connectivity index (χ0) is 9.97. The first-order chi connectivity index (χ1) is 6.75. The Morgan fingerprint density at radius 2 is 1.93 bits per heavy atom. The molecule has 0 bridgehead atoms. The maximum Gasteiger partial charge on any atom is 0.140 e. The zero-order valence-electron chi connectivity index (χ0n) is 8.00. The number of hydrogen-bond donors (Lipinski definition) is 0. The number of hydrogen-bond acceptors (Lipinski definition) is 1. The summed E-state index contributed by atoms with van der Waals surface area (Å²) >= 11 is 3.38. The SMILES string of the molecule is O=C(Cc1ccc(Br)cc1)C1CCC1. The van der Waals surface area contributed by atoms with Crippen LogP contribution in [-0.2, 0) is 11.2 Å². The lowest BCUT2D eigenvalue weighted by Gasteiger charge is -2.23. The molecular formula is C12H13BrO. The van der Waals surface area contributed by atoms with Gasteiger partial charge >= 0.3 is 0 Å². The molecule has 0 saturated heterocycles. The molecule has 0 heterocycles. The van der Waals surface area contributed by atoms with E-state index >= 15 is 0 Å². The van der Waals surface area contributed by atoms with Crippen LogP contribution < -0.4 is 0 Å². The van der Waals surface area contributed by atoms with Gasteiger partial charge in [0.05, 0.1) is 0 Å². The second-order valence-corrected chi connectivity index (χ2v) is 4.81. The van der Waals surface area contributed by atoms with Gasteiger partial charge < -0.3 is 0 Å². The lowest BCUT2D eigenvalue weighted by Crippen LogP contribution is -2.23. The molecule has 0 N–H and O–H groups in total. The predicted molar refractivity (Wildman–Crippen MR) is 60.2 cm³/mol. The van der Waals surface area contributed by atoms with Crippen molar-refractivity contribution in [2.45, 2.75) is 25.7 Å². The van der Waals surface area contributed by atoms with Crippen molar-refractivity contribution < 1.29 is 4.79 Å². The lowest BCUT2D eigenvalue weighted by molar-refractivity contribution is -0.124. The van der Waals surface area contributed by atoms with Crippen molar-refractivity contribution in [3.63, 3.8) is 0 Å². The van der Waals surface area contributed by atoms with Crippen LogP contribution in [0.25, 0.3) is 0 Å². The number of carbonyl (C=O) groups excluding carboxylic acids is 1. The van der Waals surface area contributed by atoms with E-state index in [4.69, 9.17) is 0 Å². The molecule has 0 radical (unpaired) electrons. The van der Waals surface area contributed by atoms with Crippen molar-refractivity contribution in [3.05, 3.63) is 34.3 Å². The van der Waals surface area contributed by atoms with E-state index in [0.29, 0.717) is 18.1 Å². The van der Waals surface area contributed by atoms with Crippen LogP contribution in [0, 0.1) is 5.92 Å². The van der Waals surface area contributed by atoms with E-state index in [1.165, 1.54) is 6.42 Å². The highest BCUT2D eigenvalue weighted by molar-refractivity contribution is 9.10. The molecular weight excluding hydrogens is 240 g/mol. The van der Waals surface area contributed by atoms with Crippen LogP contribution in [0.15, 0.2) is 28.7 Å². The minimum atomic E-state index is 0.360. The Bertz CT molecular complexity index is 325. The Hall–Kier alpha value is -0.630. The molecule has 1 fully saturated rings. The highest BCUT2D eigenvalue weighted by Crippen LogP contribution is 2.28. The van der Waals surface area contributed by atoms with E-state index in [1.807, 2.05) is 24.3 Å². The molecule has 14 heavy (non-hydrogen) atoms. The van der Waals surface area contributed by atoms with Crippen LogP contribution in [0.5, 0.6) is 0 Å². The van der Waals surface area contributed by atoms with Crippen molar-refractivity contribution in [3.8, 4) is 0 Å². The lowest BCUT2D eigenvalue weighted by atomic mass is 9.80. The third-order valence-corrected chi connectivity index (χ3v) is 3.38. The molecule has 1 aromatic rings. The van der Waals surface area contributed by atoms with Gasteiger partial charge in [-0.3, -0.25) is 4.79 Å². The zero-order valence-corrected chi connectivity index (χ0v) is 9.59. The third-order valence-electron chi connectivity index (χ3n) is 2.85. The molecule has 74 valence electrons. The summed E-state index contributed by atoms with van der Waals surface area (Å²) in [7, 11) is 0.